The maximum absolute atomic E-state index is 7.98. The van der Waals surface area contributed by atoms with Crippen LogP contribution in [-0.2, 0) is 48.7 Å². The van der Waals surface area contributed by atoms with Gasteiger partial charge in [-0.15, -0.1) is 0 Å². The lowest BCUT2D eigenvalue weighted by Crippen LogP contribution is -2.56. The predicted molar refractivity (Wildman–Crippen MR) is 519 cm³/mol. The summed E-state index contributed by atoms with van der Waals surface area (Å²) in [6, 6.07) is 92.5. The summed E-state index contributed by atoms with van der Waals surface area (Å²) in [7, 11) is 0. The molecule has 2 atom stereocenters. The van der Waals surface area contributed by atoms with Gasteiger partial charge in [0.1, 0.15) is 11.2 Å². The summed E-state index contributed by atoms with van der Waals surface area (Å²) in [4.78, 5) is 5.58. The van der Waals surface area contributed by atoms with E-state index in [4.69, 9.17) is 4.42 Å². The molecule has 7 heterocycles. The van der Waals surface area contributed by atoms with Gasteiger partial charge in [0.2, 0.25) is 0 Å². The number of para-hydroxylation sites is 2. The van der Waals surface area contributed by atoms with Crippen molar-refractivity contribution in [1.82, 2.24) is 8.96 Å². The van der Waals surface area contributed by atoms with Crippen molar-refractivity contribution in [1.29, 1.82) is 0 Å². The number of allylic oxidation sites excluding steroid dienone is 1. The number of anilines is 5. The van der Waals surface area contributed by atoms with E-state index >= 15 is 0 Å². The topological polar surface area (TPSA) is 29.5 Å². The van der Waals surface area contributed by atoms with Gasteiger partial charge < -0.3 is 23.2 Å². The Morgan fingerprint density at radius 1 is 0.303 bits per heavy atom. The first-order valence-corrected chi connectivity index (χ1v) is 45.9. The molecule has 5 aliphatic carbocycles. The molecular weight excluding hydrogens is 1470 g/mol. The van der Waals surface area contributed by atoms with Crippen molar-refractivity contribution in [3.8, 4) is 22.3 Å². The van der Waals surface area contributed by atoms with Crippen LogP contribution in [0.15, 0.2) is 240 Å². The van der Waals surface area contributed by atoms with E-state index in [2.05, 4.69) is 360 Å². The van der Waals surface area contributed by atoms with Crippen LogP contribution in [-0.4, -0.2) is 22.7 Å². The Morgan fingerprint density at radius 2 is 0.762 bits per heavy atom. The fourth-order valence-corrected chi connectivity index (χ4v) is 26.8. The zero-order valence-electron chi connectivity index (χ0n) is 73.9. The molecule has 0 bridgehead atoms. The van der Waals surface area contributed by atoms with Crippen molar-refractivity contribution < 1.29 is 4.42 Å². The summed E-state index contributed by atoms with van der Waals surface area (Å²) in [5.74, 6) is 0. The summed E-state index contributed by atoms with van der Waals surface area (Å²) in [5, 5.41) is 16.7. The maximum atomic E-state index is 7.98. The van der Waals surface area contributed by atoms with Crippen molar-refractivity contribution in [3.05, 3.63) is 292 Å². The molecule has 5 nitrogen and oxygen atoms in total. The monoisotopic (exact) mass is 1580 g/mol. The minimum absolute atomic E-state index is 0.00376. The average Bonchev–Trinajstić information content (AvgIpc) is 1.34. The number of aromatic nitrogens is 2. The first-order valence-electron chi connectivity index (χ1n) is 45.9. The molecular formula is C115H106B2N4O. The van der Waals surface area contributed by atoms with Crippen molar-refractivity contribution in [2.24, 2.45) is 0 Å². The smallest absolute Gasteiger partial charge is 0.376 e. The lowest BCUT2D eigenvalue weighted by atomic mass is 9.40. The van der Waals surface area contributed by atoms with Crippen molar-refractivity contribution >= 4 is 162 Å². The summed E-state index contributed by atoms with van der Waals surface area (Å²) in [6.07, 6.45) is 11.2. The molecule has 598 valence electrons. The van der Waals surface area contributed by atoms with Gasteiger partial charge in [-0.05, 0) is 302 Å². The Bertz CT molecular complexity index is 7770. The van der Waals surface area contributed by atoms with E-state index in [-0.39, 0.29) is 57.0 Å². The van der Waals surface area contributed by atoms with Crippen LogP contribution in [0.1, 0.15) is 231 Å². The molecule has 0 amide bonds. The standard InChI is InChI=1S/C115H106B2N4O/c1-107(2)43-44-109(5,6)87-59-72(40-41-84(87)107)119-102-74-34-24-22-31-69(74)55-81-77-37-25-35-75-79-53-65-27-17-19-29-67(65)56-93(79)120(100(75)77)116(98(81)102)105-103(119)82-61-89-92(63-86(82)113(105,13)14)115(16,50-48-112(89,11)12)52-51-114(15)49-47-108(3,4)85-42-39-71(60-91(85)114)118-95-58-70-32-21-23-33-73(70)97-78-38-26-36-76-80-54-66-28-18-20-30-68(66)57-94(80)121(101(76)78)117(99(95)97)106-104(118)83-62-88-90(64-96(83)122-106)111(9,10)46-45-110(88,7)8/h17-42,53-64H,43-52H2,1-16H3. The van der Waals surface area contributed by atoms with Crippen molar-refractivity contribution in [3.63, 3.8) is 0 Å². The highest BCUT2D eigenvalue weighted by atomic mass is 16.3. The van der Waals surface area contributed by atoms with Crippen molar-refractivity contribution in [2.75, 3.05) is 9.80 Å². The molecule has 4 aliphatic heterocycles. The zero-order valence-corrected chi connectivity index (χ0v) is 73.9. The summed E-state index contributed by atoms with van der Waals surface area (Å²) in [5.41, 5.74) is 38.4. The van der Waals surface area contributed by atoms with E-state index in [0.29, 0.717) is 0 Å². The van der Waals surface area contributed by atoms with E-state index in [0.717, 1.165) is 69.0 Å². The van der Waals surface area contributed by atoms with Gasteiger partial charge in [0.15, 0.2) is 0 Å². The molecule has 2 unspecified atom stereocenters. The van der Waals surface area contributed by atoms with Crippen LogP contribution < -0.4 is 26.4 Å². The third-order valence-electron chi connectivity index (χ3n) is 34.2. The highest BCUT2D eigenvalue weighted by molar-refractivity contribution is 6.90. The van der Waals surface area contributed by atoms with Crippen LogP contribution in [0.5, 0.6) is 0 Å². The van der Waals surface area contributed by atoms with Gasteiger partial charge in [-0.1, -0.05) is 262 Å². The van der Waals surface area contributed by atoms with Gasteiger partial charge in [0, 0.05) is 99.2 Å². The summed E-state index contributed by atoms with van der Waals surface area (Å²) < 4.78 is 13.6. The molecule has 7 heteroatoms. The number of hydrogen-bond donors (Lipinski definition) is 0. The van der Waals surface area contributed by atoms with Crippen LogP contribution in [0.2, 0.25) is 0 Å². The zero-order chi connectivity index (χ0) is 82.9. The van der Waals surface area contributed by atoms with Gasteiger partial charge in [-0.2, -0.15) is 0 Å². The quantitative estimate of drug-likeness (QED) is 0.161. The summed E-state index contributed by atoms with van der Waals surface area (Å²) in [6.45, 7) is 40.5. The largest absolute Gasteiger partial charge is 0.466 e. The third-order valence-corrected chi connectivity index (χ3v) is 34.2. The molecule has 0 N–H and O–H groups in total. The molecule has 0 fully saturated rings. The minimum Gasteiger partial charge on any atom is -0.466 e. The lowest BCUT2D eigenvalue weighted by Gasteiger charge is -2.48. The number of furan rings is 1. The molecule has 9 aliphatic rings. The minimum atomic E-state index is -0.408. The van der Waals surface area contributed by atoms with Gasteiger partial charge in [0.05, 0.1) is 11.4 Å². The second-order valence-corrected chi connectivity index (χ2v) is 44.3. The molecule has 122 heavy (non-hydrogen) atoms. The first-order chi connectivity index (χ1) is 58.4. The van der Waals surface area contributed by atoms with Gasteiger partial charge >= 0.3 is 13.7 Å². The summed E-state index contributed by atoms with van der Waals surface area (Å²) >= 11 is 0. The maximum Gasteiger partial charge on any atom is 0.376 e. The Morgan fingerprint density at radius 3 is 1.37 bits per heavy atom. The molecule has 0 spiro atoms. The Hall–Kier alpha value is -11.3. The SMILES string of the molecule is CC1(C)CCC(C)(C)c2cc(N3C4=C(B5c6c(cc7ccccc7c63)-c3cccc6c7cc8ccccc8cc7n5c36)C(C)(C)c3cc5c(cc34)C(C)(C)CCC5(C)CCC3(C)CCC(C)(C)c4ccc(N5c6cc7ccccc7c7c6B(c6oc8cc9c(cc8c65)C(C)(C)CCC9(C)C)n5c6cc8ccccc8cc6c6cccc-7c65)cc43)ccc21. The fourth-order valence-electron chi connectivity index (χ4n) is 26.8. The van der Waals surface area contributed by atoms with Gasteiger partial charge in [-0.3, -0.25) is 0 Å². The normalized spacial score (nSPS) is 21.3. The predicted octanol–water partition coefficient (Wildman–Crippen LogP) is 28.6. The lowest BCUT2D eigenvalue weighted by molar-refractivity contribution is 0.238. The first kappa shape index (κ1) is 72.4. The third kappa shape index (κ3) is 9.23. The number of nitrogens with zero attached hydrogens (tertiary/aromatic N) is 4. The second-order valence-electron chi connectivity index (χ2n) is 44.3. The van der Waals surface area contributed by atoms with Crippen LogP contribution >= 0.6 is 0 Å². The van der Waals surface area contributed by atoms with E-state index in [1.54, 1.807) is 5.56 Å². The second kappa shape index (κ2) is 23.3. The molecule has 17 aromatic rings. The molecule has 0 saturated carbocycles. The number of fused-ring (bicyclic) bond motifs is 27. The van der Waals surface area contributed by atoms with E-state index in [1.165, 1.54) is 221 Å². The number of hydrogen-bond acceptors (Lipinski definition) is 3. The molecule has 3 aromatic heterocycles. The van der Waals surface area contributed by atoms with Gasteiger partial charge in [-0.25, -0.2) is 0 Å². The molecule has 0 radical (unpaired) electrons. The van der Waals surface area contributed by atoms with Crippen LogP contribution in [0.25, 0.3) is 126 Å². The molecule has 0 saturated heterocycles. The van der Waals surface area contributed by atoms with E-state index in [1.807, 2.05) is 0 Å². The Labute approximate surface area is 718 Å². The van der Waals surface area contributed by atoms with E-state index < -0.39 is 5.41 Å². The number of benzene rings is 14. The fraction of sp³-hybridized carbons (Fsp3) is 0.304. The Balaban J connectivity index is 0.659. The van der Waals surface area contributed by atoms with Crippen LogP contribution in [0.4, 0.5) is 28.4 Å². The van der Waals surface area contributed by atoms with Crippen LogP contribution in [0, 0.1) is 0 Å². The van der Waals surface area contributed by atoms with Crippen LogP contribution in [0.3, 0.4) is 0 Å². The average molecular weight is 1580 g/mol. The van der Waals surface area contributed by atoms with Gasteiger partial charge in [0.25, 0.3) is 0 Å². The molecule has 26 rings (SSSR count). The van der Waals surface area contributed by atoms with E-state index in [9.17, 15) is 0 Å². The number of rotatable bonds is 5. The highest BCUT2D eigenvalue weighted by Gasteiger charge is 2.57. The highest BCUT2D eigenvalue weighted by Crippen LogP contribution is 2.64. The van der Waals surface area contributed by atoms with Crippen molar-refractivity contribution in [2.45, 2.75) is 224 Å². The molecule has 14 aromatic carbocycles. The Kier molecular flexibility index (Phi) is 13.8.